The van der Waals surface area contributed by atoms with Crippen LogP contribution in [0, 0.1) is 61.1 Å². The van der Waals surface area contributed by atoms with E-state index < -0.39 is 27.1 Å². The van der Waals surface area contributed by atoms with Gasteiger partial charge in [0, 0.05) is 0 Å². The van der Waals surface area contributed by atoms with E-state index in [1.807, 2.05) is 41.5 Å². The maximum Gasteiger partial charge on any atom is 0.109 e. The summed E-state index contributed by atoms with van der Waals surface area (Å²) in [6.45, 7) is 19.7. The highest BCUT2D eigenvalue weighted by Crippen LogP contribution is 2.53. The summed E-state index contributed by atoms with van der Waals surface area (Å²) in [5.74, 6) is 0. The van der Waals surface area contributed by atoms with Gasteiger partial charge in [-0.05, 0) is 65.2 Å². The second kappa shape index (κ2) is 7.49. The molecule has 0 aliphatic heterocycles. The van der Waals surface area contributed by atoms with Gasteiger partial charge in [-0.3, -0.25) is 0 Å². The summed E-state index contributed by atoms with van der Waals surface area (Å²) >= 11 is 0. The Hall–Kier alpha value is -1.73. The lowest BCUT2D eigenvalue weighted by molar-refractivity contribution is 0.198. The van der Waals surface area contributed by atoms with Crippen molar-refractivity contribution in [1.82, 2.24) is 0 Å². The van der Waals surface area contributed by atoms with Crippen molar-refractivity contribution in [2.75, 3.05) is 0 Å². The van der Waals surface area contributed by atoms with Crippen molar-refractivity contribution in [3.63, 3.8) is 0 Å². The minimum atomic E-state index is -0.822. The Balaban J connectivity index is 6.64. The molecule has 0 fully saturated rings. The van der Waals surface area contributed by atoms with Gasteiger partial charge in [0.25, 0.3) is 0 Å². The summed E-state index contributed by atoms with van der Waals surface area (Å²) in [6, 6.07) is 7.05. The van der Waals surface area contributed by atoms with E-state index in [-0.39, 0.29) is 0 Å². The molecule has 0 bridgehead atoms. The number of nitriles is 3. The molecule has 0 N–H and O–H groups in total. The minimum absolute atomic E-state index is 0.396. The molecular formula is C22H34BN3. The largest absolute Gasteiger partial charge is 0.198 e. The molecule has 2 radical (unpaired) electrons. The Kier molecular flexibility index (Phi) is 6.99. The predicted octanol–water partition coefficient (Wildman–Crippen LogP) is 5.89. The smallest absolute Gasteiger partial charge is 0.109 e. The van der Waals surface area contributed by atoms with E-state index in [9.17, 15) is 15.8 Å². The Labute approximate surface area is 162 Å². The summed E-state index contributed by atoms with van der Waals surface area (Å²) in [5, 5.41) is 28.7. The Morgan fingerprint density at radius 1 is 0.654 bits per heavy atom. The highest BCUT2D eigenvalue weighted by Gasteiger charge is 2.43. The number of rotatable bonds is 7. The topological polar surface area (TPSA) is 71.4 Å². The lowest BCUT2D eigenvalue weighted by Gasteiger charge is -2.46. The standard InChI is InChI=1S/C22H34BN3/c1-18(2,13-24)11-20(5,6)16(17(23)22(9,10)15-26)21(7,8)12-19(3,4)14-25/h11-12H2,1-10H3. The van der Waals surface area contributed by atoms with E-state index >= 15 is 0 Å². The van der Waals surface area contributed by atoms with Gasteiger partial charge in [0.15, 0.2) is 0 Å². The summed E-state index contributed by atoms with van der Waals surface area (Å²) < 4.78 is 0. The highest BCUT2D eigenvalue weighted by atomic mass is 14.5. The van der Waals surface area contributed by atoms with E-state index in [0.717, 1.165) is 5.57 Å². The molecule has 0 saturated carbocycles. The molecule has 0 aromatic carbocycles. The predicted molar refractivity (Wildman–Crippen MR) is 108 cm³/mol. The second-order valence-electron chi connectivity index (χ2n) is 10.6. The van der Waals surface area contributed by atoms with Gasteiger partial charge in [0.1, 0.15) is 7.85 Å². The molecule has 140 valence electrons. The molecule has 0 spiro atoms. The molecule has 0 aliphatic rings. The molecule has 0 atom stereocenters. The van der Waals surface area contributed by atoms with Crippen molar-refractivity contribution in [2.24, 2.45) is 27.1 Å². The molecule has 26 heavy (non-hydrogen) atoms. The van der Waals surface area contributed by atoms with Crippen LogP contribution in [0.15, 0.2) is 11.0 Å². The minimum Gasteiger partial charge on any atom is -0.198 e. The third-order valence-electron chi connectivity index (χ3n) is 4.95. The molecule has 3 nitrogen and oxygen atoms in total. The first-order valence-corrected chi connectivity index (χ1v) is 9.12. The van der Waals surface area contributed by atoms with Gasteiger partial charge >= 0.3 is 0 Å². The molecule has 4 heteroatoms. The average molecular weight is 351 g/mol. The quantitative estimate of drug-likeness (QED) is 0.537. The average Bonchev–Trinajstić information content (AvgIpc) is 2.44. The van der Waals surface area contributed by atoms with E-state index in [0.29, 0.717) is 18.3 Å². The van der Waals surface area contributed by atoms with Crippen molar-refractivity contribution in [3.05, 3.63) is 11.0 Å². The van der Waals surface area contributed by atoms with Crippen molar-refractivity contribution in [2.45, 2.75) is 82.1 Å². The van der Waals surface area contributed by atoms with Gasteiger partial charge in [-0.2, -0.15) is 15.8 Å². The van der Waals surface area contributed by atoms with E-state index in [2.05, 4.69) is 45.9 Å². The van der Waals surface area contributed by atoms with Gasteiger partial charge in [-0.1, -0.05) is 38.7 Å². The highest BCUT2D eigenvalue weighted by molar-refractivity contribution is 6.23. The molecule has 0 rings (SSSR count). The molecular weight excluding hydrogens is 317 g/mol. The lowest BCUT2D eigenvalue weighted by Crippen LogP contribution is -2.37. The summed E-state index contributed by atoms with van der Waals surface area (Å²) in [4.78, 5) is 0. The first kappa shape index (κ1) is 24.3. The molecule has 0 aromatic heterocycles. The summed E-state index contributed by atoms with van der Waals surface area (Å²) in [7, 11) is 6.59. The van der Waals surface area contributed by atoms with Gasteiger partial charge in [0.2, 0.25) is 0 Å². The van der Waals surface area contributed by atoms with Gasteiger partial charge in [-0.15, -0.1) is 0 Å². The van der Waals surface area contributed by atoms with Crippen LogP contribution in [-0.2, 0) is 0 Å². The SMILES string of the molecule is [B]C(=C(C(C)(C)CC(C)(C)C#N)C(C)(C)CC(C)(C)C#N)C(C)(C)C#N. The maximum atomic E-state index is 9.63. The normalized spacial score (nSPS) is 13.3. The van der Waals surface area contributed by atoms with Gasteiger partial charge < -0.3 is 0 Å². The summed E-state index contributed by atoms with van der Waals surface area (Å²) in [5.41, 5.74) is -1.13. The lowest BCUT2D eigenvalue weighted by atomic mass is 9.55. The number of nitrogens with zero attached hydrogens (tertiary/aromatic N) is 3. The Bertz CT molecular complexity index is 644. The van der Waals surface area contributed by atoms with Crippen LogP contribution in [0.1, 0.15) is 82.1 Å². The Morgan fingerprint density at radius 3 is 1.19 bits per heavy atom. The molecule has 0 amide bonds. The van der Waals surface area contributed by atoms with E-state index in [4.69, 9.17) is 7.85 Å². The van der Waals surface area contributed by atoms with Crippen LogP contribution < -0.4 is 0 Å². The van der Waals surface area contributed by atoms with Crippen LogP contribution in [0.2, 0.25) is 0 Å². The van der Waals surface area contributed by atoms with Crippen LogP contribution in [0.25, 0.3) is 0 Å². The monoisotopic (exact) mass is 351 g/mol. The first-order valence-electron chi connectivity index (χ1n) is 9.12. The van der Waals surface area contributed by atoms with E-state index in [1.165, 1.54) is 0 Å². The fraction of sp³-hybridized carbons (Fsp3) is 0.773. The molecule has 0 saturated heterocycles. The van der Waals surface area contributed by atoms with Crippen LogP contribution >= 0.6 is 0 Å². The molecule has 0 heterocycles. The van der Waals surface area contributed by atoms with Crippen LogP contribution in [0.5, 0.6) is 0 Å². The number of hydrogen-bond acceptors (Lipinski definition) is 3. The summed E-state index contributed by atoms with van der Waals surface area (Å²) in [6.07, 6.45) is 1.23. The van der Waals surface area contributed by atoms with Crippen molar-refractivity contribution >= 4 is 7.85 Å². The third kappa shape index (κ3) is 5.92. The maximum absolute atomic E-state index is 9.63. The van der Waals surface area contributed by atoms with Crippen molar-refractivity contribution in [1.29, 1.82) is 15.8 Å². The molecule has 0 aliphatic carbocycles. The zero-order valence-electron chi connectivity index (χ0n) is 18.3. The fourth-order valence-electron chi connectivity index (χ4n) is 4.48. The van der Waals surface area contributed by atoms with Gasteiger partial charge in [0.05, 0.1) is 34.5 Å². The van der Waals surface area contributed by atoms with Crippen LogP contribution in [0.3, 0.4) is 0 Å². The van der Waals surface area contributed by atoms with Crippen molar-refractivity contribution < 1.29 is 0 Å². The fourth-order valence-corrected chi connectivity index (χ4v) is 4.48. The Morgan fingerprint density at radius 2 is 0.962 bits per heavy atom. The van der Waals surface area contributed by atoms with Crippen LogP contribution in [0.4, 0.5) is 0 Å². The van der Waals surface area contributed by atoms with E-state index in [1.54, 1.807) is 0 Å². The van der Waals surface area contributed by atoms with Gasteiger partial charge in [-0.25, -0.2) is 0 Å². The second-order valence-corrected chi connectivity index (χ2v) is 10.6. The molecule has 0 unspecified atom stereocenters. The van der Waals surface area contributed by atoms with Crippen molar-refractivity contribution in [3.8, 4) is 18.2 Å². The zero-order chi connectivity index (χ0) is 21.2. The third-order valence-corrected chi connectivity index (χ3v) is 4.95. The van der Waals surface area contributed by atoms with Crippen LogP contribution in [-0.4, -0.2) is 7.85 Å². The number of allylic oxidation sites excluding steroid dienone is 2. The first-order chi connectivity index (χ1) is 11.4. The molecule has 0 aromatic rings. The number of hydrogen-bond donors (Lipinski definition) is 0. The zero-order valence-corrected chi connectivity index (χ0v) is 18.3.